The van der Waals surface area contributed by atoms with Crippen molar-refractivity contribution in [2.75, 3.05) is 12.4 Å². The molecule has 0 aliphatic carbocycles. The van der Waals surface area contributed by atoms with Crippen molar-refractivity contribution in [2.24, 2.45) is 7.05 Å². The molecule has 0 saturated carbocycles. The second kappa shape index (κ2) is 3.88. The highest BCUT2D eigenvalue weighted by Gasteiger charge is 2.17. The van der Waals surface area contributed by atoms with Gasteiger partial charge in [0.2, 0.25) is 5.95 Å². The van der Waals surface area contributed by atoms with Crippen LogP contribution < -0.4 is 5.32 Å². The van der Waals surface area contributed by atoms with E-state index in [4.69, 9.17) is 0 Å². The molecule has 0 spiro atoms. The fourth-order valence-corrected chi connectivity index (χ4v) is 1.48. The lowest BCUT2D eigenvalue weighted by atomic mass is 10.2. The van der Waals surface area contributed by atoms with E-state index in [-0.39, 0.29) is 11.4 Å². The Balaban J connectivity index is 2.63. The Labute approximate surface area is 90.9 Å². The van der Waals surface area contributed by atoms with Crippen molar-refractivity contribution < 1.29 is 8.78 Å². The molecule has 0 amide bonds. The van der Waals surface area contributed by atoms with Crippen molar-refractivity contribution in [2.45, 2.75) is 0 Å². The monoisotopic (exact) mass is 224 g/mol. The van der Waals surface area contributed by atoms with E-state index < -0.39 is 11.6 Å². The van der Waals surface area contributed by atoms with Crippen LogP contribution in [0.5, 0.6) is 0 Å². The molecule has 16 heavy (non-hydrogen) atoms. The molecule has 0 aliphatic rings. The summed E-state index contributed by atoms with van der Waals surface area (Å²) in [5, 5.41) is 10.3. The fraction of sp³-hybridized carbons (Fsp3) is 0.200. The number of benzene rings is 1. The first-order valence-electron chi connectivity index (χ1n) is 4.66. The van der Waals surface area contributed by atoms with Crippen molar-refractivity contribution >= 4 is 5.95 Å². The Morgan fingerprint density at radius 1 is 1.19 bits per heavy atom. The van der Waals surface area contributed by atoms with E-state index in [0.717, 1.165) is 0 Å². The number of rotatable bonds is 2. The van der Waals surface area contributed by atoms with Gasteiger partial charge in [-0.05, 0) is 12.1 Å². The van der Waals surface area contributed by atoms with Gasteiger partial charge in [-0.1, -0.05) is 6.07 Å². The van der Waals surface area contributed by atoms with Crippen LogP contribution in [0, 0.1) is 11.6 Å². The lowest BCUT2D eigenvalue weighted by Crippen LogP contribution is -2.01. The van der Waals surface area contributed by atoms with Gasteiger partial charge in [-0.25, -0.2) is 8.78 Å². The normalized spacial score (nSPS) is 10.5. The summed E-state index contributed by atoms with van der Waals surface area (Å²) in [6, 6.07) is 3.68. The summed E-state index contributed by atoms with van der Waals surface area (Å²) in [4.78, 5) is 0. The maximum Gasteiger partial charge on any atom is 0.224 e. The van der Waals surface area contributed by atoms with Gasteiger partial charge in [0.1, 0.15) is 11.6 Å². The minimum atomic E-state index is -0.654. The Morgan fingerprint density at radius 2 is 1.81 bits per heavy atom. The summed E-state index contributed by atoms with van der Waals surface area (Å²) in [5.74, 6) is -0.714. The number of nitrogens with one attached hydrogen (secondary N) is 1. The second-order valence-electron chi connectivity index (χ2n) is 3.25. The van der Waals surface area contributed by atoms with Gasteiger partial charge in [-0.3, -0.25) is 4.57 Å². The zero-order chi connectivity index (χ0) is 11.7. The van der Waals surface area contributed by atoms with E-state index in [9.17, 15) is 8.78 Å². The molecule has 0 fully saturated rings. The molecule has 0 radical (unpaired) electrons. The van der Waals surface area contributed by atoms with Crippen LogP contribution in [0.2, 0.25) is 0 Å². The Morgan fingerprint density at radius 3 is 2.31 bits per heavy atom. The van der Waals surface area contributed by atoms with Crippen molar-refractivity contribution in [3.05, 3.63) is 29.8 Å². The van der Waals surface area contributed by atoms with E-state index in [0.29, 0.717) is 5.95 Å². The van der Waals surface area contributed by atoms with Crippen LogP contribution in [0.4, 0.5) is 14.7 Å². The van der Waals surface area contributed by atoms with Crippen LogP contribution in [0.1, 0.15) is 0 Å². The molecule has 0 unspecified atom stereocenters. The zero-order valence-corrected chi connectivity index (χ0v) is 8.83. The largest absolute Gasteiger partial charge is 0.357 e. The van der Waals surface area contributed by atoms with Gasteiger partial charge in [0.05, 0.1) is 5.56 Å². The first-order valence-corrected chi connectivity index (χ1v) is 4.66. The average molecular weight is 224 g/mol. The molecular formula is C10H10F2N4. The third kappa shape index (κ3) is 1.52. The molecule has 6 heteroatoms. The van der Waals surface area contributed by atoms with Crippen molar-refractivity contribution in [1.29, 1.82) is 0 Å². The topological polar surface area (TPSA) is 42.7 Å². The van der Waals surface area contributed by atoms with Crippen LogP contribution in [-0.4, -0.2) is 21.8 Å². The summed E-state index contributed by atoms with van der Waals surface area (Å²) in [6.07, 6.45) is 0. The molecule has 2 aromatic rings. The lowest BCUT2D eigenvalue weighted by Gasteiger charge is -2.05. The number of aromatic nitrogens is 3. The molecule has 1 aromatic carbocycles. The number of hydrogen-bond donors (Lipinski definition) is 1. The third-order valence-corrected chi connectivity index (χ3v) is 2.28. The Kier molecular flexibility index (Phi) is 2.55. The predicted molar refractivity (Wildman–Crippen MR) is 55.9 cm³/mol. The Hall–Kier alpha value is -1.98. The SMILES string of the molecule is CNc1nnc(-c2c(F)cccc2F)n1C. The maximum atomic E-state index is 13.5. The third-order valence-electron chi connectivity index (χ3n) is 2.28. The summed E-state index contributed by atoms with van der Waals surface area (Å²) >= 11 is 0. The minimum absolute atomic E-state index is 0.153. The summed E-state index contributed by atoms with van der Waals surface area (Å²) in [5.41, 5.74) is -0.168. The van der Waals surface area contributed by atoms with Gasteiger partial charge >= 0.3 is 0 Å². The predicted octanol–water partition coefficient (Wildman–Crippen LogP) is 1.80. The molecule has 1 heterocycles. The molecule has 0 aliphatic heterocycles. The van der Waals surface area contributed by atoms with E-state index in [1.807, 2.05) is 0 Å². The highest BCUT2D eigenvalue weighted by atomic mass is 19.1. The van der Waals surface area contributed by atoms with Crippen molar-refractivity contribution in [3.8, 4) is 11.4 Å². The molecule has 2 rings (SSSR count). The van der Waals surface area contributed by atoms with Gasteiger partial charge in [0.15, 0.2) is 5.82 Å². The minimum Gasteiger partial charge on any atom is -0.357 e. The summed E-state index contributed by atoms with van der Waals surface area (Å²) in [7, 11) is 3.29. The van der Waals surface area contributed by atoms with Gasteiger partial charge < -0.3 is 5.32 Å². The van der Waals surface area contributed by atoms with Crippen molar-refractivity contribution in [3.63, 3.8) is 0 Å². The maximum absolute atomic E-state index is 13.5. The fourth-order valence-electron chi connectivity index (χ4n) is 1.48. The molecule has 0 saturated heterocycles. The van der Waals surface area contributed by atoms with Gasteiger partial charge in [0.25, 0.3) is 0 Å². The molecule has 0 bridgehead atoms. The smallest absolute Gasteiger partial charge is 0.224 e. The summed E-state index contributed by atoms with van der Waals surface area (Å²) < 4.78 is 28.5. The molecule has 4 nitrogen and oxygen atoms in total. The van der Waals surface area contributed by atoms with Crippen molar-refractivity contribution in [1.82, 2.24) is 14.8 Å². The lowest BCUT2D eigenvalue weighted by molar-refractivity contribution is 0.586. The summed E-state index contributed by atoms with van der Waals surface area (Å²) in [6.45, 7) is 0. The number of hydrogen-bond acceptors (Lipinski definition) is 3. The van der Waals surface area contributed by atoms with Crippen LogP contribution in [0.3, 0.4) is 0 Å². The standard InChI is InChI=1S/C10H10F2N4/c1-13-10-15-14-9(16(10)2)8-6(11)4-3-5-7(8)12/h3-5H,1-2H3,(H,13,15). The average Bonchev–Trinajstić information content (AvgIpc) is 2.60. The second-order valence-corrected chi connectivity index (χ2v) is 3.25. The molecule has 84 valence electrons. The Bertz CT molecular complexity index is 501. The zero-order valence-electron chi connectivity index (χ0n) is 8.83. The highest BCUT2D eigenvalue weighted by molar-refractivity contribution is 5.58. The van der Waals surface area contributed by atoms with E-state index in [1.165, 1.54) is 22.8 Å². The van der Waals surface area contributed by atoms with E-state index in [2.05, 4.69) is 15.5 Å². The molecule has 1 N–H and O–H groups in total. The number of nitrogens with zero attached hydrogens (tertiary/aromatic N) is 3. The highest BCUT2D eigenvalue weighted by Crippen LogP contribution is 2.25. The number of anilines is 1. The molecule has 0 atom stereocenters. The van der Waals surface area contributed by atoms with Gasteiger partial charge in [-0.2, -0.15) is 0 Å². The van der Waals surface area contributed by atoms with Crippen LogP contribution in [-0.2, 0) is 7.05 Å². The van der Waals surface area contributed by atoms with Gasteiger partial charge in [-0.15, -0.1) is 10.2 Å². The quantitative estimate of drug-likeness (QED) is 0.845. The van der Waals surface area contributed by atoms with E-state index >= 15 is 0 Å². The van der Waals surface area contributed by atoms with Crippen LogP contribution in [0.25, 0.3) is 11.4 Å². The number of halogens is 2. The molecule has 1 aromatic heterocycles. The first-order chi connectivity index (χ1) is 7.65. The van der Waals surface area contributed by atoms with E-state index in [1.54, 1.807) is 14.1 Å². The van der Waals surface area contributed by atoms with Crippen LogP contribution >= 0.6 is 0 Å². The van der Waals surface area contributed by atoms with Crippen LogP contribution in [0.15, 0.2) is 18.2 Å². The van der Waals surface area contributed by atoms with Gasteiger partial charge in [0, 0.05) is 14.1 Å². The molecular weight excluding hydrogens is 214 g/mol. The first kappa shape index (κ1) is 10.5.